The third-order valence-corrected chi connectivity index (χ3v) is 3.61. The third-order valence-electron chi connectivity index (χ3n) is 2.73. The van der Waals surface area contributed by atoms with E-state index in [0.29, 0.717) is 6.42 Å². The van der Waals surface area contributed by atoms with Crippen LogP contribution in [0.3, 0.4) is 0 Å². The summed E-state index contributed by atoms with van der Waals surface area (Å²) in [4.78, 5) is 11.9. The van der Waals surface area contributed by atoms with Crippen LogP contribution < -0.4 is 10.5 Å². The fourth-order valence-electron chi connectivity index (χ4n) is 1.63. The lowest BCUT2D eigenvalue weighted by molar-refractivity contribution is 0.0891. The van der Waals surface area contributed by atoms with Gasteiger partial charge >= 0.3 is 0 Å². The summed E-state index contributed by atoms with van der Waals surface area (Å²) in [7, 11) is -2.27. The Morgan fingerprint density at radius 1 is 1.53 bits per heavy atom. The highest BCUT2D eigenvalue weighted by Gasteiger charge is 2.23. The van der Waals surface area contributed by atoms with Crippen LogP contribution in [0, 0.1) is 0 Å². The molecule has 0 bridgehead atoms. The van der Waals surface area contributed by atoms with Gasteiger partial charge in [0.25, 0.3) is 5.91 Å². The Labute approximate surface area is 112 Å². The minimum absolute atomic E-state index is 0.0527. The van der Waals surface area contributed by atoms with Crippen molar-refractivity contribution in [3.8, 4) is 0 Å². The first kappa shape index (κ1) is 15.7. The largest absolute Gasteiger partial charge is 0.396 e. The Morgan fingerprint density at radius 2 is 2.11 bits per heavy atom. The number of carbonyl (C=O) groups is 1. The molecule has 1 heterocycles. The number of nitrogens with zero attached hydrogens (tertiary/aromatic N) is 1. The predicted octanol–water partition coefficient (Wildman–Crippen LogP) is -0.437. The van der Waals surface area contributed by atoms with Gasteiger partial charge < -0.3 is 15.0 Å². The number of rotatable bonds is 5. The molecule has 0 spiro atoms. The maximum atomic E-state index is 12.0. The number of aliphatic hydroxyl groups excluding tert-OH is 1. The zero-order valence-electron chi connectivity index (χ0n) is 11.2. The average Bonchev–Trinajstić information content (AvgIpc) is 2.58. The Hall–Kier alpha value is -1.38. The fraction of sp³-hybridized carbons (Fsp3) is 0.545. The predicted molar refractivity (Wildman–Crippen MR) is 70.0 cm³/mol. The molecule has 4 N–H and O–H groups in total. The molecule has 0 aliphatic rings. The molecule has 108 valence electrons. The van der Waals surface area contributed by atoms with Gasteiger partial charge in [0.05, 0.1) is 0 Å². The summed E-state index contributed by atoms with van der Waals surface area (Å²) < 4.78 is 23.8. The lowest BCUT2D eigenvalue weighted by Gasteiger charge is -2.25. The molecular weight excluding hydrogens is 270 g/mol. The zero-order chi connectivity index (χ0) is 14.8. The van der Waals surface area contributed by atoms with Crippen molar-refractivity contribution in [1.29, 1.82) is 0 Å². The lowest BCUT2D eigenvalue weighted by atomic mass is 10.0. The van der Waals surface area contributed by atoms with E-state index in [1.807, 2.05) is 0 Å². The molecule has 0 atom stereocenters. The molecule has 8 heteroatoms. The molecule has 0 fully saturated rings. The summed E-state index contributed by atoms with van der Waals surface area (Å²) in [5, 5.41) is 16.6. The molecule has 0 radical (unpaired) electrons. The minimum Gasteiger partial charge on any atom is -0.396 e. The van der Waals surface area contributed by atoms with Gasteiger partial charge in [-0.05, 0) is 26.3 Å². The van der Waals surface area contributed by atoms with Crippen LogP contribution in [0.1, 0.15) is 30.8 Å². The van der Waals surface area contributed by atoms with E-state index >= 15 is 0 Å². The summed E-state index contributed by atoms with van der Waals surface area (Å²) in [6.45, 7) is 3.48. The van der Waals surface area contributed by atoms with Crippen molar-refractivity contribution in [3.05, 3.63) is 18.0 Å². The lowest BCUT2D eigenvalue weighted by Crippen LogP contribution is -2.44. The number of amides is 1. The van der Waals surface area contributed by atoms with Crippen molar-refractivity contribution in [3.63, 3.8) is 0 Å². The Kier molecular flexibility index (Phi) is 4.39. The normalized spacial score (nSPS) is 12.5. The number of primary sulfonamides is 1. The van der Waals surface area contributed by atoms with Crippen LogP contribution in [0.15, 0.2) is 17.2 Å². The first-order valence-electron chi connectivity index (χ1n) is 5.69. The van der Waals surface area contributed by atoms with Crippen molar-refractivity contribution >= 4 is 15.9 Å². The fourth-order valence-corrected chi connectivity index (χ4v) is 2.21. The molecule has 1 amide bonds. The molecule has 0 aliphatic carbocycles. The summed E-state index contributed by atoms with van der Waals surface area (Å²) >= 11 is 0. The quantitative estimate of drug-likeness (QED) is 0.682. The summed E-state index contributed by atoms with van der Waals surface area (Å²) in [5.74, 6) is -0.421. The van der Waals surface area contributed by atoms with Gasteiger partial charge in [-0.25, -0.2) is 13.6 Å². The van der Waals surface area contributed by atoms with Gasteiger partial charge in [-0.1, -0.05) is 0 Å². The van der Waals surface area contributed by atoms with E-state index in [9.17, 15) is 13.2 Å². The molecule has 19 heavy (non-hydrogen) atoms. The summed E-state index contributed by atoms with van der Waals surface area (Å²) in [6, 6.07) is 1.22. The molecule has 0 saturated heterocycles. The average molecular weight is 289 g/mol. The smallest absolute Gasteiger partial charge is 0.268 e. The molecule has 0 unspecified atom stereocenters. The van der Waals surface area contributed by atoms with Crippen LogP contribution in [0.5, 0.6) is 0 Å². The van der Waals surface area contributed by atoms with E-state index in [1.165, 1.54) is 16.8 Å². The molecular formula is C11H19N3O4S. The molecule has 0 saturated carbocycles. The topological polar surface area (TPSA) is 114 Å². The maximum Gasteiger partial charge on any atom is 0.268 e. The Balaban J connectivity index is 2.99. The molecule has 1 aromatic heterocycles. The summed E-state index contributed by atoms with van der Waals surface area (Å²) in [5.41, 5.74) is -0.396. The number of aryl methyl sites for hydroxylation is 1. The number of hydrogen-bond donors (Lipinski definition) is 3. The van der Waals surface area contributed by atoms with Gasteiger partial charge in [0.2, 0.25) is 10.0 Å². The first-order chi connectivity index (χ1) is 8.57. The van der Waals surface area contributed by atoms with Crippen LogP contribution in [0.4, 0.5) is 0 Å². The van der Waals surface area contributed by atoms with Gasteiger partial charge in [0, 0.05) is 25.4 Å². The highest BCUT2D eigenvalue weighted by Crippen LogP contribution is 2.14. The van der Waals surface area contributed by atoms with E-state index < -0.39 is 21.5 Å². The van der Waals surface area contributed by atoms with Crippen LogP contribution in [-0.2, 0) is 17.1 Å². The van der Waals surface area contributed by atoms with Gasteiger partial charge in [0.15, 0.2) is 0 Å². The van der Waals surface area contributed by atoms with Crippen LogP contribution in [0.25, 0.3) is 0 Å². The van der Waals surface area contributed by atoms with Crippen molar-refractivity contribution in [2.75, 3.05) is 6.61 Å². The standard InChI is InChI=1S/C11H19N3O4S/c1-11(2,4-5-15)13-10(16)9-6-8(7-14(9)3)19(12,17)18/h6-7,15H,4-5H2,1-3H3,(H,13,16)(H2,12,17,18). The second-order valence-corrected chi connectivity index (χ2v) is 6.59. The SMILES string of the molecule is Cn1cc(S(N)(=O)=O)cc1C(=O)NC(C)(C)CCO. The monoisotopic (exact) mass is 289 g/mol. The van der Waals surface area contributed by atoms with E-state index in [-0.39, 0.29) is 17.2 Å². The van der Waals surface area contributed by atoms with E-state index in [4.69, 9.17) is 10.2 Å². The number of aliphatic hydroxyl groups is 1. The Bertz CT molecular complexity index is 575. The second kappa shape index (κ2) is 5.32. The molecule has 0 aromatic carbocycles. The number of aromatic nitrogens is 1. The second-order valence-electron chi connectivity index (χ2n) is 5.03. The first-order valence-corrected chi connectivity index (χ1v) is 7.24. The number of hydrogen-bond acceptors (Lipinski definition) is 4. The van der Waals surface area contributed by atoms with Crippen LogP contribution in [-0.4, -0.2) is 36.1 Å². The van der Waals surface area contributed by atoms with Crippen LogP contribution >= 0.6 is 0 Å². The van der Waals surface area contributed by atoms with E-state index in [0.717, 1.165) is 0 Å². The van der Waals surface area contributed by atoms with Gasteiger partial charge in [-0.15, -0.1) is 0 Å². The number of carbonyl (C=O) groups excluding carboxylic acids is 1. The summed E-state index contributed by atoms with van der Waals surface area (Å²) in [6.07, 6.45) is 1.68. The molecule has 7 nitrogen and oxygen atoms in total. The maximum absolute atomic E-state index is 12.0. The van der Waals surface area contributed by atoms with E-state index in [2.05, 4.69) is 5.32 Å². The zero-order valence-corrected chi connectivity index (χ0v) is 12.0. The molecule has 1 rings (SSSR count). The molecule has 0 aliphatic heterocycles. The Morgan fingerprint density at radius 3 is 2.53 bits per heavy atom. The third kappa shape index (κ3) is 4.05. The highest BCUT2D eigenvalue weighted by molar-refractivity contribution is 7.89. The van der Waals surface area contributed by atoms with Crippen molar-refractivity contribution in [2.24, 2.45) is 12.2 Å². The van der Waals surface area contributed by atoms with Gasteiger partial charge in [-0.3, -0.25) is 4.79 Å². The van der Waals surface area contributed by atoms with E-state index in [1.54, 1.807) is 20.9 Å². The highest BCUT2D eigenvalue weighted by atomic mass is 32.2. The molecule has 1 aromatic rings. The number of nitrogens with two attached hydrogens (primary N) is 1. The van der Waals surface area contributed by atoms with Crippen molar-refractivity contribution < 1.29 is 18.3 Å². The minimum atomic E-state index is -3.83. The van der Waals surface area contributed by atoms with Gasteiger partial charge in [-0.2, -0.15) is 0 Å². The van der Waals surface area contributed by atoms with Crippen molar-refractivity contribution in [2.45, 2.75) is 30.7 Å². The number of nitrogens with one attached hydrogen (secondary N) is 1. The van der Waals surface area contributed by atoms with Crippen molar-refractivity contribution in [1.82, 2.24) is 9.88 Å². The van der Waals surface area contributed by atoms with Gasteiger partial charge in [0.1, 0.15) is 10.6 Å². The van der Waals surface area contributed by atoms with Crippen LogP contribution in [0.2, 0.25) is 0 Å². The number of sulfonamides is 1.